The molecule has 5 rings (SSSR count). The number of rotatable bonds is 27. The lowest BCUT2D eigenvalue weighted by molar-refractivity contribution is -0.940. The zero-order chi connectivity index (χ0) is 52.6. The summed E-state index contributed by atoms with van der Waals surface area (Å²) in [6.07, 6.45) is 6.98. The molecule has 5 atom stereocenters. The number of aryl methyl sites for hydroxylation is 1. The molecule has 0 aromatic heterocycles. The zero-order valence-corrected chi connectivity index (χ0v) is 43.7. The van der Waals surface area contributed by atoms with E-state index in [1.54, 1.807) is 45.9 Å². The van der Waals surface area contributed by atoms with Gasteiger partial charge in [-0.05, 0) is 101 Å². The van der Waals surface area contributed by atoms with Crippen LogP contribution in [0.15, 0.2) is 78.9 Å². The first-order valence-corrected chi connectivity index (χ1v) is 25.5. The number of epoxide rings is 1. The van der Waals surface area contributed by atoms with Gasteiger partial charge in [0.25, 0.3) is 5.91 Å². The van der Waals surface area contributed by atoms with Gasteiger partial charge < -0.3 is 34.6 Å². The Hall–Kier alpha value is -6.01. The van der Waals surface area contributed by atoms with Crippen LogP contribution in [0.3, 0.4) is 0 Å². The summed E-state index contributed by atoms with van der Waals surface area (Å²) in [4.78, 5) is 98.0. The highest BCUT2D eigenvalue weighted by Crippen LogP contribution is 2.31. The molecule has 0 aliphatic carbocycles. The topological polar surface area (TPSA) is 187 Å². The Morgan fingerprint density at radius 3 is 1.94 bits per heavy atom. The van der Waals surface area contributed by atoms with E-state index in [0.717, 1.165) is 16.7 Å². The largest absolute Gasteiger partial charge is 0.425 e. The van der Waals surface area contributed by atoms with Gasteiger partial charge in [0.2, 0.25) is 11.8 Å². The lowest BCUT2D eigenvalue weighted by Gasteiger charge is -2.41. The van der Waals surface area contributed by atoms with Crippen molar-refractivity contribution in [3.63, 3.8) is 0 Å². The van der Waals surface area contributed by atoms with E-state index in [2.05, 4.69) is 21.9 Å². The van der Waals surface area contributed by atoms with Gasteiger partial charge in [0.05, 0.1) is 49.4 Å². The van der Waals surface area contributed by atoms with Crippen molar-refractivity contribution >= 4 is 41.0 Å². The highest BCUT2D eigenvalue weighted by Gasteiger charge is 2.50. The average Bonchev–Trinajstić information content (AvgIpc) is 4.09. The van der Waals surface area contributed by atoms with Crippen molar-refractivity contribution in [1.29, 1.82) is 0 Å². The third kappa shape index (κ3) is 17.3. The number of carbonyl (C=O) groups is 7. The number of terminal acetylenes is 1. The van der Waals surface area contributed by atoms with Crippen LogP contribution in [0.4, 0.5) is 0 Å². The smallest absolute Gasteiger partial charge is 0.316 e. The van der Waals surface area contributed by atoms with Gasteiger partial charge in [0.15, 0.2) is 17.3 Å². The molecule has 3 aromatic carbocycles. The number of esters is 1. The van der Waals surface area contributed by atoms with Crippen LogP contribution in [0.1, 0.15) is 115 Å². The van der Waals surface area contributed by atoms with Crippen LogP contribution in [0.5, 0.6) is 5.75 Å². The molecule has 0 saturated carbocycles. The molecule has 388 valence electrons. The van der Waals surface area contributed by atoms with Crippen molar-refractivity contribution in [3.05, 3.63) is 101 Å². The molecule has 0 unspecified atom stereocenters. The highest BCUT2D eigenvalue weighted by molar-refractivity contribution is 5.99. The summed E-state index contributed by atoms with van der Waals surface area (Å²) in [7, 11) is 0. The molecule has 2 aliphatic heterocycles. The predicted octanol–water partition coefficient (Wildman–Crippen LogP) is 6.79. The number of ketones is 3. The lowest BCUT2D eigenvalue weighted by Crippen LogP contribution is -2.57. The number of ether oxygens (including phenoxy) is 3. The van der Waals surface area contributed by atoms with Gasteiger partial charge in [-0.15, -0.1) is 6.42 Å². The number of quaternary nitrogens is 1. The quantitative estimate of drug-likeness (QED) is 0.0241. The van der Waals surface area contributed by atoms with Crippen LogP contribution in [-0.4, -0.2) is 109 Å². The van der Waals surface area contributed by atoms with Crippen LogP contribution in [-0.2, 0) is 57.6 Å². The van der Waals surface area contributed by atoms with Crippen LogP contribution in [0.25, 0.3) is 0 Å². The average molecular weight is 990 g/mol. The summed E-state index contributed by atoms with van der Waals surface area (Å²) in [6.45, 7) is 17.2. The molecule has 0 radical (unpaired) electrons. The second kappa shape index (κ2) is 26.1. The summed E-state index contributed by atoms with van der Waals surface area (Å²) in [5, 5.41) is 8.73. The Bertz CT molecular complexity index is 2390. The minimum Gasteiger partial charge on any atom is -0.425 e. The Balaban J connectivity index is 1.38. The second-order valence-electron chi connectivity index (χ2n) is 21.9. The third-order valence-electron chi connectivity index (χ3n) is 13.4. The van der Waals surface area contributed by atoms with E-state index in [1.165, 1.54) is 0 Å². The Morgan fingerprint density at radius 1 is 0.778 bits per heavy atom. The molecule has 3 amide bonds. The molecule has 2 fully saturated rings. The fourth-order valence-electron chi connectivity index (χ4n) is 9.12. The zero-order valence-electron chi connectivity index (χ0n) is 43.7. The number of hydrogen-bond donors (Lipinski definition) is 3. The molecule has 2 heterocycles. The van der Waals surface area contributed by atoms with Crippen LogP contribution in [0.2, 0.25) is 0 Å². The summed E-state index contributed by atoms with van der Waals surface area (Å²) < 4.78 is 17.3. The SMILES string of the molecule is C#CCNC(=O)c1cc(C[N+]2(CC(=O)C[C@@H](CCc3ccccc3)C(=O)N[C@@H](CC(C)C)C(=O)C[C@@H](Cc3ccccc3)C(=O)N[C@@H](CC(C)C)C(=O)[C@@]3(C)CO3)CCOCC2)ccc1OC(=O)C(C)(C)C. The standard InChI is InChI=1S/C58H76N4O10/c1-10-25-59-55(68)47-33-43(22-24-51(47)72-56(69)57(6,7)8)36-62(26-28-70-29-27-62)37-46(63)34-44(23-21-41-17-13-11-14-18-41)53(66)60-48(30-39(2)3)50(64)35-45(32-42-19-15-12-16-20-42)54(67)61-49(31-40(4)5)52(65)58(9)38-71-58/h1,11-20,22,24,33,39-40,44-45,48-49H,21,23,25-32,34-38H2,2-9H3,(H2-,59,60,61,66,67,68)/p+1/t44-,45-,48+,49+,58-/m1/s1. The molecular formula is C58H77N4O10+. The first-order valence-electron chi connectivity index (χ1n) is 25.5. The van der Waals surface area contributed by atoms with Gasteiger partial charge in [-0.2, -0.15) is 0 Å². The third-order valence-corrected chi connectivity index (χ3v) is 13.4. The number of morpholine rings is 1. The maximum Gasteiger partial charge on any atom is 0.316 e. The molecule has 14 heteroatoms. The molecule has 3 N–H and O–H groups in total. The van der Waals surface area contributed by atoms with Crippen LogP contribution < -0.4 is 20.7 Å². The Kier molecular flexibility index (Phi) is 20.6. The van der Waals surface area contributed by atoms with Crippen molar-refractivity contribution in [3.8, 4) is 18.1 Å². The van der Waals surface area contributed by atoms with E-state index in [1.807, 2.05) is 88.4 Å². The van der Waals surface area contributed by atoms with Crippen molar-refractivity contribution in [2.45, 2.75) is 125 Å². The molecular weight excluding hydrogens is 913 g/mol. The molecule has 2 aliphatic rings. The molecule has 0 spiro atoms. The van der Waals surface area contributed by atoms with Crippen molar-refractivity contribution in [2.75, 3.05) is 46.0 Å². The van der Waals surface area contributed by atoms with Gasteiger partial charge in [-0.1, -0.05) is 94.3 Å². The first kappa shape index (κ1) is 56.9. The second-order valence-corrected chi connectivity index (χ2v) is 21.9. The lowest BCUT2D eigenvalue weighted by atomic mass is 9.87. The number of nitrogens with zero attached hydrogens (tertiary/aromatic N) is 1. The number of benzene rings is 3. The van der Waals surface area contributed by atoms with Crippen molar-refractivity contribution in [2.24, 2.45) is 29.1 Å². The number of Topliss-reactive ketones (excluding diaryl/α,β-unsaturated/α-hetero) is 3. The minimum atomic E-state index is -0.948. The van der Waals surface area contributed by atoms with E-state index < -0.39 is 58.6 Å². The van der Waals surface area contributed by atoms with E-state index in [0.29, 0.717) is 63.0 Å². The predicted molar refractivity (Wildman–Crippen MR) is 275 cm³/mol. The van der Waals surface area contributed by atoms with E-state index >= 15 is 0 Å². The fourth-order valence-corrected chi connectivity index (χ4v) is 9.12. The van der Waals surface area contributed by atoms with Gasteiger partial charge in [0, 0.05) is 30.2 Å². The maximum absolute atomic E-state index is 14.7. The minimum absolute atomic E-state index is 0.00779. The monoisotopic (exact) mass is 990 g/mol. The van der Waals surface area contributed by atoms with Crippen molar-refractivity contribution in [1.82, 2.24) is 16.0 Å². The number of hydrogen-bond acceptors (Lipinski definition) is 10. The number of nitrogens with one attached hydrogen (secondary N) is 3. The summed E-state index contributed by atoms with van der Waals surface area (Å²) in [5.41, 5.74) is 0.938. The van der Waals surface area contributed by atoms with Gasteiger partial charge in [-0.3, -0.25) is 33.6 Å². The van der Waals surface area contributed by atoms with Gasteiger partial charge >= 0.3 is 5.97 Å². The van der Waals surface area contributed by atoms with E-state index in [4.69, 9.17) is 20.6 Å². The normalized spacial score (nSPS) is 17.9. The van der Waals surface area contributed by atoms with Crippen LogP contribution in [0, 0.1) is 41.4 Å². The van der Waals surface area contributed by atoms with Crippen molar-refractivity contribution < 1.29 is 52.3 Å². The molecule has 0 bridgehead atoms. The molecule has 72 heavy (non-hydrogen) atoms. The molecule has 14 nitrogen and oxygen atoms in total. The molecule has 3 aromatic rings. The number of carbonyl (C=O) groups excluding carboxylic acids is 7. The van der Waals surface area contributed by atoms with Gasteiger partial charge in [0.1, 0.15) is 37.5 Å². The van der Waals surface area contributed by atoms with Gasteiger partial charge in [-0.25, -0.2) is 0 Å². The first-order chi connectivity index (χ1) is 34.1. The maximum atomic E-state index is 14.7. The number of amides is 3. The summed E-state index contributed by atoms with van der Waals surface area (Å²) in [6, 6.07) is 22.4. The summed E-state index contributed by atoms with van der Waals surface area (Å²) in [5.74, 6) is -1.55. The van der Waals surface area contributed by atoms with Crippen LogP contribution >= 0.6 is 0 Å². The van der Waals surface area contributed by atoms with E-state index in [9.17, 15) is 33.6 Å². The Labute approximate surface area is 426 Å². The fraction of sp³-hybridized carbons (Fsp3) is 0.534. The summed E-state index contributed by atoms with van der Waals surface area (Å²) >= 11 is 0. The molecule has 2 saturated heterocycles. The highest BCUT2D eigenvalue weighted by atomic mass is 16.6. The van der Waals surface area contributed by atoms with E-state index in [-0.39, 0.29) is 79.5 Å². The Morgan fingerprint density at radius 2 is 1.36 bits per heavy atom.